The van der Waals surface area contributed by atoms with Gasteiger partial charge in [0.15, 0.2) is 23.7 Å². The summed E-state index contributed by atoms with van der Waals surface area (Å²) in [4.78, 5) is 43.1. The molecule has 0 saturated carbocycles. The number of hydrogen-bond acceptors (Lipinski definition) is 10. The molecule has 1 aromatic rings. The maximum Gasteiger partial charge on any atom is 0.367 e. The SMILES string of the molecule is COc1cc(C(=O)O/N=C(\N)C(C)OC2CCCCO2)c(Cl)c2c1C(=O)[C@@]1(O2)C(O)=CC(=O)C[C@H]1C. The van der Waals surface area contributed by atoms with E-state index in [9.17, 15) is 19.5 Å². The van der Waals surface area contributed by atoms with Crippen molar-refractivity contribution in [2.75, 3.05) is 13.7 Å². The van der Waals surface area contributed by atoms with Crippen molar-refractivity contribution in [3.05, 3.63) is 34.1 Å². The van der Waals surface area contributed by atoms with Crippen LogP contribution in [-0.4, -0.2) is 60.2 Å². The van der Waals surface area contributed by atoms with Crippen molar-refractivity contribution in [1.82, 2.24) is 0 Å². The van der Waals surface area contributed by atoms with Crippen molar-refractivity contribution in [2.45, 2.75) is 57.5 Å². The van der Waals surface area contributed by atoms with E-state index < -0.39 is 41.4 Å². The van der Waals surface area contributed by atoms with Gasteiger partial charge in [0, 0.05) is 25.0 Å². The van der Waals surface area contributed by atoms with Crippen LogP contribution in [0.3, 0.4) is 0 Å². The number of oxime groups is 1. The fourth-order valence-electron chi connectivity index (χ4n) is 4.47. The van der Waals surface area contributed by atoms with Gasteiger partial charge in [-0.25, -0.2) is 4.79 Å². The Morgan fingerprint density at radius 2 is 2.11 bits per heavy atom. The normalized spacial score (nSPS) is 26.8. The number of ketones is 2. The molecule has 1 saturated heterocycles. The lowest BCUT2D eigenvalue weighted by atomic mass is 9.75. The molecule has 4 rings (SSSR count). The Hall–Kier alpha value is -3.15. The number of nitrogens with two attached hydrogens (primary N) is 1. The lowest BCUT2D eigenvalue weighted by Crippen LogP contribution is -2.51. The summed E-state index contributed by atoms with van der Waals surface area (Å²) in [6.45, 7) is 3.83. The number of ether oxygens (including phenoxy) is 4. The summed E-state index contributed by atoms with van der Waals surface area (Å²) in [6.07, 6.45) is 2.48. The number of amidine groups is 1. The minimum atomic E-state index is -1.85. The third-order valence-corrected chi connectivity index (χ3v) is 6.85. The van der Waals surface area contributed by atoms with E-state index in [1.54, 1.807) is 13.8 Å². The van der Waals surface area contributed by atoms with Gasteiger partial charge in [-0.15, -0.1) is 0 Å². The number of halogens is 1. The predicted molar refractivity (Wildman–Crippen MR) is 126 cm³/mol. The first-order chi connectivity index (χ1) is 17.1. The molecule has 2 unspecified atom stereocenters. The maximum absolute atomic E-state index is 13.4. The average Bonchev–Trinajstić information content (AvgIpc) is 3.17. The van der Waals surface area contributed by atoms with Crippen LogP contribution in [0.2, 0.25) is 5.02 Å². The van der Waals surface area contributed by atoms with E-state index in [0.29, 0.717) is 6.61 Å². The van der Waals surface area contributed by atoms with Gasteiger partial charge in [-0.3, -0.25) is 9.59 Å². The average molecular weight is 523 g/mol. The van der Waals surface area contributed by atoms with Gasteiger partial charge >= 0.3 is 5.97 Å². The van der Waals surface area contributed by atoms with E-state index in [0.717, 1.165) is 25.3 Å². The number of hydrogen-bond donors (Lipinski definition) is 2. The molecule has 12 heteroatoms. The van der Waals surface area contributed by atoms with Crippen molar-refractivity contribution >= 4 is 35.0 Å². The monoisotopic (exact) mass is 522 g/mol. The quantitative estimate of drug-likeness (QED) is 0.246. The first-order valence-corrected chi connectivity index (χ1v) is 11.9. The summed E-state index contributed by atoms with van der Waals surface area (Å²) in [7, 11) is 1.29. The highest BCUT2D eigenvalue weighted by Crippen LogP contribution is 2.52. The molecule has 36 heavy (non-hydrogen) atoms. The lowest BCUT2D eigenvalue weighted by Gasteiger charge is -2.34. The predicted octanol–water partition coefficient (Wildman–Crippen LogP) is 3.07. The smallest absolute Gasteiger partial charge is 0.367 e. The van der Waals surface area contributed by atoms with Gasteiger partial charge in [0.1, 0.15) is 23.2 Å². The molecule has 0 amide bonds. The van der Waals surface area contributed by atoms with Gasteiger partial charge < -0.3 is 34.6 Å². The molecule has 0 radical (unpaired) electrons. The number of Topliss-reactive ketones (excluding diaryl/α,β-unsaturated/α-hetero) is 1. The van der Waals surface area contributed by atoms with Gasteiger partial charge in [0.25, 0.3) is 0 Å². The summed E-state index contributed by atoms with van der Waals surface area (Å²) in [5.41, 5.74) is 3.78. The van der Waals surface area contributed by atoms with Crippen molar-refractivity contribution in [3.8, 4) is 11.5 Å². The molecule has 1 fully saturated rings. The number of allylic oxidation sites excluding steroid dienone is 1. The van der Waals surface area contributed by atoms with Gasteiger partial charge in [0.2, 0.25) is 11.4 Å². The van der Waals surface area contributed by atoms with E-state index in [1.165, 1.54) is 13.2 Å². The van der Waals surface area contributed by atoms with Crippen molar-refractivity contribution in [3.63, 3.8) is 0 Å². The highest BCUT2D eigenvalue weighted by atomic mass is 35.5. The Morgan fingerprint density at radius 1 is 1.36 bits per heavy atom. The third-order valence-electron chi connectivity index (χ3n) is 6.48. The molecule has 1 aliphatic carbocycles. The molecule has 0 aromatic heterocycles. The Kier molecular flexibility index (Phi) is 7.26. The molecule has 1 aromatic carbocycles. The number of methoxy groups -OCH3 is 1. The number of nitrogens with zero attached hydrogens (tertiary/aromatic N) is 1. The zero-order chi connectivity index (χ0) is 26.2. The molecular formula is C24H27ClN2O9. The Morgan fingerprint density at radius 3 is 2.75 bits per heavy atom. The number of carbonyl (C=O) groups is 3. The first-order valence-electron chi connectivity index (χ1n) is 11.5. The number of carbonyl (C=O) groups excluding carboxylic acids is 3. The van der Waals surface area contributed by atoms with Gasteiger partial charge in [-0.1, -0.05) is 23.7 Å². The topological polar surface area (TPSA) is 156 Å². The molecule has 2 heterocycles. The summed E-state index contributed by atoms with van der Waals surface area (Å²) >= 11 is 6.45. The second-order valence-corrected chi connectivity index (χ2v) is 9.26. The standard InChI is InChI=1S/C24H27ClN2O9/c1-11-8-13(28)9-16(29)24(11)21(30)18-15(32-3)10-14(19(25)20(18)35-24)23(31)36-27-22(26)12(2)34-17-6-4-5-7-33-17/h9-12,17,29H,4-8H2,1-3H3,(H2,26,27)/t11-,12?,17?,24+/m1/s1. The van der Waals surface area contributed by atoms with Crippen molar-refractivity contribution < 1.29 is 43.3 Å². The van der Waals surface area contributed by atoms with E-state index in [2.05, 4.69) is 5.16 Å². The Bertz CT molecular complexity index is 1160. The summed E-state index contributed by atoms with van der Waals surface area (Å²) in [5.74, 6) is -3.50. The van der Waals surface area contributed by atoms with Gasteiger partial charge in [-0.05, 0) is 32.3 Å². The second-order valence-electron chi connectivity index (χ2n) is 8.88. The summed E-state index contributed by atoms with van der Waals surface area (Å²) in [5, 5.41) is 14.0. The van der Waals surface area contributed by atoms with Crippen LogP contribution in [-0.2, 0) is 19.1 Å². The molecule has 1 spiro atoms. The molecule has 3 N–H and O–H groups in total. The number of aliphatic hydroxyl groups excluding tert-OH is 1. The minimum Gasteiger partial charge on any atom is -0.507 e. The largest absolute Gasteiger partial charge is 0.507 e. The number of benzene rings is 1. The fourth-order valence-corrected chi connectivity index (χ4v) is 4.73. The van der Waals surface area contributed by atoms with Gasteiger partial charge in [0.05, 0.1) is 17.7 Å². The molecular weight excluding hydrogens is 496 g/mol. The van der Waals surface area contributed by atoms with Crippen LogP contribution >= 0.6 is 11.6 Å². The van der Waals surface area contributed by atoms with Crippen LogP contribution in [0.1, 0.15) is 60.2 Å². The third kappa shape index (κ3) is 4.42. The number of fused-ring (bicyclic) bond motifs is 1. The second kappa shape index (κ2) is 10.1. The van der Waals surface area contributed by atoms with E-state index in [1.807, 2.05) is 0 Å². The van der Waals surface area contributed by atoms with Gasteiger partial charge in [-0.2, -0.15) is 0 Å². The Balaban J connectivity index is 1.59. The van der Waals surface area contributed by atoms with E-state index in [-0.39, 0.29) is 45.7 Å². The summed E-state index contributed by atoms with van der Waals surface area (Å²) in [6, 6.07) is 1.21. The molecule has 194 valence electrons. The zero-order valence-corrected chi connectivity index (χ0v) is 20.8. The fraction of sp³-hybridized carbons (Fsp3) is 0.500. The molecule has 4 atom stereocenters. The van der Waals surface area contributed by atoms with Crippen molar-refractivity contribution in [2.24, 2.45) is 16.8 Å². The minimum absolute atomic E-state index is 0.0248. The molecule has 2 aliphatic heterocycles. The van der Waals surface area contributed by atoms with Crippen LogP contribution in [0.25, 0.3) is 0 Å². The maximum atomic E-state index is 13.4. The lowest BCUT2D eigenvalue weighted by molar-refractivity contribution is -0.171. The van der Waals surface area contributed by atoms with Crippen LogP contribution in [0, 0.1) is 5.92 Å². The first kappa shape index (κ1) is 25.9. The highest BCUT2D eigenvalue weighted by Gasteiger charge is 2.59. The Labute approximate surface area is 212 Å². The number of aliphatic hydroxyl groups is 1. The molecule has 0 bridgehead atoms. The van der Waals surface area contributed by atoms with Crippen LogP contribution in [0.4, 0.5) is 0 Å². The van der Waals surface area contributed by atoms with Crippen LogP contribution < -0.4 is 15.2 Å². The zero-order valence-electron chi connectivity index (χ0n) is 20.0. The molecule has 11 nitrogen and oxygen atoms in total. The van der Waals surface area contributed by atoms with E-state index >= 15 is 0 Å². The van der Waals surface area contributed by atoms with Crippen LogP contribution in [0.5, 0.6) is 11.5 Å². The van der Waals surface area contributed by atoms with Crippen molar-refractivity contribution in [1.29, 1.82) is 0 Å². The summed E-state index contributed by atoms with van der Waals surface area (Å²) < 4.78 is 22.4. The van der Waals surface area contributed by atoms with E-state index in [4.69, 9.17) is 41.1 Å². The number of rotatable bonds is 6. The molecule has 3 aliphatic rings. The van der Waals surface area contributed by atoms with Crippen LogP contribution in [0.15, 0.2) is 23.1 Å². The highest BCUT2D eigenvalue weighted by molar-refractivity contribution is 6.36.